The average molecular weight is 347 g/mol. The Labute approximate surface area is 135 Å². The van der Waals surface area contributed by atoms with Crippen molar-refractivity contribution in [1.82, 2.24) is 5.43 Å². The molecule has 21 heavy (non-hydrogen) atoms. The Hall–Kier alpha value is -1.16. The minimum atomic E-state index is 0.121. The van der Waals surface area contributed by atoms with Crippen LogP contribution in [0.5, 0.6) is 0 Å². The van der Waals surface area contributed by atoms with Gasteiger partial charge in [-0.3, -0.25) is 11.3 Å². The first-order valence-corrected chi connectivity index (χ1v) is 8.18. The van der Waals surface area contributed by atoms with Gasteiger partial charge < -0.3 is 0 Å². The summed E-state index contributed by atoms with van der Waals surface area (Å²) in [5, 5.41) is 0. The van der Waals surface area contributed by atoms with Gasteiger partial charge in [0, 0.05) is 4.47 Å². The highest BCUT2D eigenvalue weighted by atomic mass is 79.9. The highest BCUT2D eigenvalue weighted by molar-refractivity contribution is 9.10. The number of hydrazine groups is 1. The number of nitrogens with two attached hydrogens (primary N) is 1. The van der Waals surface area contributed by atoms with Gasteiger partial charge in [-0.25, -0.2) is 0 Å². The van der Waals surface area contributed by atoms with Gasteiger partial charge >= 0.3 is 0 Å². The Kier molecular flexibility index (Phi) is 5.97. The summed E-state index contributed by atoms with van der Waals surface area (Å²) in [6.45, 7) is 4.48. The normalized spacial score (nSPS) is 12.6. The summed E-state index contributed by atoms with van der Waals surface area (Å²) in [7, 11) is 0. The Morgan fingerprint density at radius 1 is 1.05 bits per heavy atom. The maximum Gasteiger partial charge on any atom is 0.0500 e. The zero-order valence-electron chi connectivity index (χ0n) is 12.6. The van der Waals surface area contributed by atoms with E-state index in [1.807, 2.05) is 6.07 Å². The van der Waals surface area contributed by atoms with Crippen molar-refractivity contribution >= 4 is 15.9 Å². The predicted octanol–water partition coefficient (Wildman–Crippen LogP) is 4.39. The molecule has 0 saturated heterocycles. The van der Waals surface area contributed by atoms with Gasteiger partial charge in [0.25, 0.3) is 0 Å². The molecule has 0 aliphatic heterocycles. The number of hydrogen-bond donors (Lipinski definition) is 2. The maximum atomic E-state index is 5.79. The molecule has 0 aromatic heterocycles. The molecule has 0 amide bonds. The third-order valence-corrected chi connectivity index (χ3v) is 4.35. The van der Waals surface area contributed by atoms with Crippen LogP contribution in [0.2, 0.25) is 0 Å². The molecular weight excluding hydrogens is 324 g/mol. The fourth-order valence-electron chi connectivity index (χ4n) is 2.57. The Balaban J connectivity index is 2.19. The van der Waals surface area contributed by atoms with E-state index in [1.54, 1.807) is 0 Å². The Morgan fingerprint density at radius 3 is 2.48 bits per heavy atom. The third kappa shape index (κ3) is 4.67. The molecule has 0 heterocycles. The van der Waals surface area contributed by atoms with Crippen LogP contribution in [0.1, 0.15) is 36.6 Å². The van der Waals surface area contributed by atoms with E-state index in [-0.39, 0.29) is 6.04 Å². The predicted molar refractivity (Wildman–Crippen MR) is 92.9 cm³/mol. The molecule has 1 atom stereocenters. The molecule has 1 unspecified atom stereocenters. The molecule has 0 saturated carbocycles. The lowest BCUT2D eigenvalue weighted by Gasteiger charge is -2.18. The van der Waals surface area contributed by atoms with Crippen molar-refractivity contribution in [2.75, 3.05) is 0 Å². The first-order valence-electron chi connectivity index (χ1n) is 7.38. The van der Waals surface area contributed by atoms with Crippen molar-refractivity contribution in [3.05, 3.63) is 69.7 Å². The molecule has 2 aromatic rings. The number of rotatable bonds is 6. The highest BCUT2D eigenvalue weighted by Crippen LogP contribution is 2.24. The van der Waals surface area contributed by atoms with Crippen LogP contribution in [0.4, 0.5) is 0 Å². The number of nitrogens with one attached hydrogen (secondary N) is 1. The van der Waals surface area contributed by atoms with E-state index in [9.17, 15) is 0 Å². The van der Waals surface area contributed by atoms with E-state index < -0.39 is 0 Å². The molecule has 3 N–H and O–H groups in total. The van der Waals surface area contributed by atoms with Gasteiger partial charge in [0.2, 0.25) is 0 Å². The van der Waals surface area contributed by atoms with Crippen LogP contribution in [0, 0.1) is 5.92 Å². The molecule has 0 spiro atoms. The number of hydrogen-bond acceptors (Lipinski definition) is 2. The first-order chi connectivity index (χ1) is 10.1. The lowest BCUT2D eigenvalue weighted by molar-refractivity contribution is 0.549. The van der Waals surface area contributed by atoms with Gasteiger partial charge in [-0.1, -0.05) is 72.2 Å². The van der Waals surface area contributed by atoms with Crippen molar-refractivity contribution < 1.29 is 0 Å². The van der Waals surface area contributed by atoms with Crippen LogP contribution >= 0.6 is 15.9 Å². The van der Waals surface area contributed by atoms with Crippen molar-refractivity contribution in [3.63, 3.8) is 0 Å². The summed E-state index contributed by atoms with van der Waals surface area (Å²) < 4.78 is 1.13. The average Bonchev–Trinajstić information content (AvgIpc) is 2.46. The largest absolute Gasteiger partial charge is 0.271 e. The molecule has 3 heteroatoms. The van der Waals surface area contributed by atoms with Gasteiger partial charge in [0.15, 0.2) is 0 Å². The third-order valence-electron chi connectivity index (χ3n) is 3.58. The fraction of sp³-hybridized carbons (Fsp3) is 0.333. The van der Waals surface area contributed by atoms with Gasteiger partial charge in [0.05, 0.1) is 6.04 Å². The highest BCUT2D eigenvalue weighted by Gasteiger charge is 2.13. The quantitative estimate of drug-likeness (QED) is 0.601. The molecule has 0 aliphatic carbocycles. The molecular formula is C18H23BrN2. The molecule has 2 aromatic carbocycles. The summed E-state index contributed by atoms with van der Waals surface area (Å²) in [5.74, 6) is 6.45. The summed E-state index contributed by atoms with van der Waals surface area (Å²) in [4.78, 5) is 0. The topological polar surface area (TPSA) is 38.0 Å². The second-order valence-electron chi connectivity index (χ2n) is 5.86. The van der Waals surface area contributed by atoms with Gasteiger partial charge in [-0.05, 0) is 41.5 Å². The zero-order chi connectivity index (χ0) is 15.2. The van der Waals surface area contributed by atoms with E-state index in [4.69, 9.17) is 5.84 Å². The minimum absolute atomic E-state index is 0.121. The molecule has 0 fully saturated rings. The maximum absolute atomic E-state index is 5.79. The van der Waals surface area contributed by atoms with Crippen LogP contribution in [0.3, 0.4) is 0 Å². The van der Waals surface area contributed by atoms with Crippen LogP contribution in [0.15, 0.2) is 53.0 Å². The van der Waals surface area contributed by atoms with E-state index in [2.05, 4.69) is 77.7 Å². The van der Waals surface area contributed by atoms with Crippen molar-refractivity contribution in [3.8, 4) is 0 Å². The fourth-order valence-corrected chi connectivity index (χ4v) is 3.01. The first kappa shape index (κ1) is 16.2. The van der Waals surface area contributed by atoms with Gasteiger partial charge in [-0.2, -0.15) is 0 Å². The minimum Gasteiger partial charge on any atom is -0.271 e. The van der Waals surface area contributed by atoms with Gasteiger partial charge in [0.1, 0.15) is 0 Å². The summed E-state index contributed by atoms with van der Waals surface area (Å²) >= 11 is 3.61. The van der Waals surface area contributed by atoms with Crippen LogP contribution < -0.4 is 11.3 Å². The molecule has 2 nitrogen and oxygen atoms in total. The summed E-state index contributed by atoms with van der Waals surface area (Å²) in [6, 6.07) is 17.1. The number of benzene rings is 2. The van der Waals surface area contributed by atoms with Crippen molar-refractivity contribution in [1.29, 1.82) is 0 Å². The SMILES string of the molecule is CC(C)Cc1cccc(C(Cc2ccccc2Br)NN)c1. The number of halogens is 1. The lowest BCUT2D eigenvalue weighted by atomic mass is 9.95. The zero-order valence-corrected chi connectivity index (χ0v) is 14.2. The Bertz CT molecular complexity index is 581. The van der Waals surface area contributed by atoms with Crippen molar-refractivity contribution in [2.24, 2.45) is 11.8 Å². The standard InChI is InChI=1S/C18H23BrN2/c1-13(2)10-14-6-5-8-16(11-14)18(21-20)12-15-7-3-4-9-17(15)19/h3-9,11,13,18,21H,10,12,20H2,1-2H3. The van der Waals surface area contributed by atoms with Crippen LogP contribution in [0.25, 0.3) is 0 Å². The summed E-state index contributed by atoms with van der Waals surface area (Å²) in [5.41, 5.74) is 6.83. The summed E-state index contributed by atoms with van der Waals surface area (Å²) in [6.07, 6.45) is 1.96. The van der Waals surface area contributed by atoms with Crippen molar-refractivity contribution in [2.45, 2.75) is 32.7 Å². The molecule has 0 aliphatic rings. The second-order valence-corrected chi connectivity index (χ2v) is 6.71. The molecule has 0 radical (unpaired) electrons. The van der Waals surface area contributed by atoms with E-state index in [1.165, 1.54) is 16.7 Å². The molecule has 2 rings (SSSR count). The van der Waals surface area contributed by atoms with E-state index in [0.29, 0.717) is 5.92 Å². The van der Waals surface area contributed by atoms with Gasteiger partial charge in [-0.15, -0.1) is 0 Å². The lowest BCUT2D eigenvalue weighted by Crippen LogP contribution is -2.29. The molecule has 0 bridgehead atoms. The second kappa shape index (κ2) is 7.74. The van der Waals surface area contributed by atoms with E-state index >= 15 is 0 Å². The van der Waals surface area contributed by atoms with Crippen LogP contribution in [-0.2, 0) is 12.8 Å². The smallest absolute Gasteiger partial charge is 0.0500 e. The van der Waals surface area contributed by atoms with E-state index in [0.717, 1.165) is 17.3 Å². The molecule has 112 valence electrons. The monoisotopic (exact) mass is 346 g/mol. The van der Waals surface area contributed by atoms with Crippen LogP contribution in [-0.4, -0.2) is 0 Å². The Morgan fingerprint density at radius 2 is 1.81 bits per heavy atom.